The topological polar surface area (TPSA) is 15.3 Å². The van der Waals surface area contributed by atoms with Crippen LogP contribution < -0.4 is 5.32 Å². The van der Waals surface area contributed by atoms with E-state index in [2.05, 4.69) is 30.8 Å². The van der Waals surface area contributed by atoms with Crippen molar-refractivity contribution in [2.75, 3.05) is 20.1 Å². The second-order valence-electron chi connectivity index (χ2n) is 3.77. The number of nitrogens with zero attached hydrogens (tertiary/aromatic N) is 1. The summed E-state index contributed by atoms with van der Waals surface area (Å²) in [5.41, 5.74) is 0. The minimum Gasteiger partial charge on any atom is -0.308 e. The van der Waals surface area contributed by atoms with Gasteiger partial charge < -0.3 is 10.2 Å². The molecule has 1 rings (SSSR count). The molecular formula is C10H20N2. The second-order valence-corrected chi connectivity index (χ2v) is 3.77. The summed E-state index contributed by atoms with van der Waals surface area (Å²) < 4.78 is 0. The second kappa shape index (κ2) is 4.63. The van der Waals surface area contributed by atoms with Crippen LogP contribution in [0.15, 0.2) is 12.7 Å². The van der Waals surface area contributed by atoms with Crippen molar-refractivity contribution >= 4 is 0 Å². The van der Waals surface area contributed by atoms with Gasteiger partial charge in [-0.2, -0.15) is 0 Å². The molecule has 1 atom stereocenters. The Labute approximate surface area is 75.6 Å². The average Bonchev–Trinajstić information content (AvgIpc) is 2.09. The van der Waals surface area contributed by atoms with E-state index in [0.717, 1.165) is 0 Å². The summed E-state index contributed by atoms with van der Waals surface area (Å²) in [6, 6.07) is 1.16. The molecule has 12 heavy (non-hydrogen) atoms. The lowest BCUT2D eigenvalue weighted by atomic mass is 10.0. The summed E-state index contributed by atoms with van der Waals surface area (Å²) in [5, 5.41) is 3.54. The Bertz CT molecular complexity index is 137. The van der Waals surface area contributed by atoms with Crippen LogP contribution in [0.2, 0.25) is 0 Å². The summed E-state index contributed by atoms with van der Waals surface area (Å²) in [6.45, 7) is 8.37. The van der Waals surface area contributed by atoms with Gasteiger partial charge in [0.1, 0.15) is 0 Å². The van der Waals surface area contributed by atoms with Crippen LogP contribution in [0, 0.1) is 0 Å². The number of rotatable bonds is 3. The predicted molar refractivity (Wildman–Crippen MR) is 53.3 cm³/mol. The summed E-state index contributed by atoms with van der Waals surface area (Å²) in [5.74, 6) is 0. The molecule has 0 aromatic carbocycles. The first-order valence-electron chi connectivity index (χ1n) is 4.79. The van der Waals surface area contributed by atoms with Gasteiger partial charge >= 0.3 is 0 Å². The average molecular weight is 168 g/mol. The van der Waals surface area contributed by atoms with E-state index < -0.39 is 0 Å². The van der Waals surface area contributed by atoms with Crippen molar-refractivity contribution in [1.82, 2.24) is 10.2 Å². The Hall–Kier alpha value is -0.340. The maximum absolute atomic E-state index is 3.77. The maximum Gasteiger partial charge on any atom is 0.0221 e. The molecule has 0 bridgehead atoms. The van der Waals surface area contributed by atoms with Crippen LogP contribution in [-0.4, -0.2) is 37.1 Å². The zero-order valence-electron chi connectivity index (χ0n) is 8.21. The molecule has 1 fully saturated rings. The van der Waals surface area contributed by atoms with Crippen molar-refractivity contribution in [2.24, 2.45) is 0 Å². The monoisotopic (exact) mass is 168 g/mol. The van der Waals surface area contributed by atoms with Crippen molar-refractivity contribution in [3.8, 4) is 0 Å². The highest BCUT2D eigenvalue weighted by atomic mass is 15.1. The fraction of sp³-hybridized carbons (Fsp3) is 0.800. The summed E-state index contributed by atoms with van der Waals surface area (Å²) in [4.78, 5) is 2.39. The molecule has 1 unspecified atom stereocenters. The quantitative estimate of drug-likeness (QED) is 0.638. The van der Waals surface area contributed by atoms with Crippen LogP contribution in [-0.2, 0) is 0 Å². The highest BCUT2D eigenvalue weighted by Gasteiger charge is 2.16. The van der Waals surface area contributed by atoms with Gasteiger partial charge in [0.05, 0.1) is 0 Å². The Morgan fingerprint density at radius 2 is 2.08 bits per heavy atom. The van der Waals surface area contributed by atoms with E-state index in [0.29, 0.717) is 12.1 Å². The van der Waals surface area contributed by atoms with E-state index >= 15 is 0 Å². The third-order valence-electron chi connectivity index (χ3n) is 2.57. The van der Waals surface area contributed by atoms with Gasteiger partial charge in [-0.1, -0.05) is 6.08 Å². The minimum absolute atomic E-state index is 0.457. The number of hydrogen-bond acceptors (Lipinski definition) is 2. The largest absolute Gasteiger partial charge is 0.308 e. The van der Waals surface area contributed by atoms with Gasteiger partial charge in [0.25, 0.3) is 0 Å². The molecule has 2 heteroatoms. The van der Waals surface area contributed by atoms with Crippen molar-refractivity contribution in [3.05, 3.63) is 12.7 Å². The fourth-order valence-electron chi connectivity index (χ4n) is 1.62. The molecule has 1 N–H and O–H groups in total. The van der Waals surface area contributed by atoms with Crippen LogP contribution >= 0.6 is 0 Å². The van der Waals surface area contributed by atoms with Crippen molar-refractivity contribution < 1.29 is 0 Å². The summed E-state index contributed by atoms with van der Waals surface area (Å²) in [6.07, 6.45) is 4.52. The molecule has 0 saturated carbocycles. The lowest BCUT2D eigenvalue weighted by molar-refractivity contribution is 0.231. The number of piperidine rings is 1. The van der Waals surface area contributed by atoms with Crippen molar-refractivity contribution in [1.29, 1.82) is 0 Å². The molecule has 2 nitrogen and oxygen atoms in total. The van der Waals surface area contributed by atoms with E-state index in [9.17, 15) is 0 Å². The third kappa shape index (κ3) is 2.95. The van der Waals surface area contributed by atoms with Gasteiger partial charge in [-0.3, -0.25) is 0 Å². The molecular weight excluding hydrogens is 148 g/mol. The molecule has 0 aliphatic carbocycles. The Kier molecular flexibility index (Phi) is 3.76. The minimum atomic E-state index is 0.457. The molecule has 0 amide bonds. The van der Waals surface area contributed by atoms with E-state index in [1.807, 2.05) is 6.08 Å². The number of hydrogen-bond donors (Lipinski definition) is 1. The van der Waals surface area contributed by atoms with Crippen LogP contribution in [0.1, 0.15) is 19.8 Å². The highest BCUT2D eigenvalue weighted by Crippen LogP contribution is 2.08. The first-order valence-corrected chi connectivity index (χ1v) is 4.79. The molecule has 1 aliphatic rings. The number of nitrogens with one attached hydrogen (secondary N) is 1. The molecule has 1 heterocycles. The van der Waals surface area contributed by atoms with E-state index in [1.54, 1.807) is 0 Å². The number of likely N-dealkylation sites (tertiary alicyclic amines) is 1. The standard InChI is InChI=1S/C10H20N2/c1-4-9(2)11-10-5-7-12(3)8-6-10/h4,9-11H,1,5-8H2,2-3H3. The normalized spacial score (nSPS) is 23.8. The molecule has 0 aromatic rings. The lowest BCUT2D eigenvalue weighted by Gasteiger charge is -2.30. The molecule has 0 radical (unpaired) electrons. The summed E-state index contributed by atoms with van der Waals surface area (Å²) in [7, 11) is 2.19. The molecule has 0 aromatic heterocycles. The van der Waals surface area contributed by atoms with Crippen LogP contribution in [0.3, 0.4) is 0 Å². The zero-order chi connectivity index (χ0) is 8.97. The first kappa shape index (κ1) is 9.75. The Morgan fingerprint density at radius 3 is 2.58 bits per heavy atom. The Balaban J connectivity index is 2.21. The van der Waals surface area contributed by atoms with Gasteiger partial charge in [0, 0.05) is 12.1 Å². The zero-order valence-corrected chi connectivity index (χ0v) is 8.21. The van der Waals surface area contributed by atoms with E-state index in [-0.39, 0.29) is 0 Å². The van der Waals surface area contributed by atoms with Gasteiger partial charge in [-0.25, -0.2) is 0 Å². The first-order chi connectivity index (χ1) is 5.72. The molecule has 0 spiro atoms. The summed E-state index contributed by atoms with van der Waals surface area (Å²) >= 11 is 0. The van der Waals surface area contributed by atoms with Crippen LogP contribution in [0.25, 0.3) is 0 Å². The fourth-order valence-corrected chi connectivity index (χ4v) is 1.62. The lowest BCUT2D eigenvalue weighted by Crippen LogP contribution is -2.43. The van der Waals surface area contributed by atoms with Crippen molar-refractivity contribution in [3.63, 3.8) is 0 Å². The van der Waals surface area contributed by atoms with Gasteiger partial charge in [-0.15, -0.1) is 6.58 Å². The SMILES string of the molecule is C=CC(C)NC1CCN(C)CC1. The molecule has 1 aliphatic heterocycles. The van der Waals surface area contributed by atoms with Crippen LogP contribution in [0.4, 0.5) is 0 Å². The predicted octanol–water partition coefficient (Wildman–Crippen LogP) is 1.24. The van der Waals surface area contributed by atoms with Crippen LogP contribution in [0.5, 0.6) is 0 Å². The smallest absolute Gasteiger partial charge is 0.0221 e. The molecule has 1 saturated heterocycles. The van der Waals surface area contributed by atoms with Gasteiger partial charge in [0.2, 0.25) is 0 Å². The molecule has 70 valence electrons. The maximum atomic E-state index is 3.77. The van der Waals surface area contributed by atoms with Gasteiger partial charge in [0.15, 0.2) is 0 Å². The Morgan fingerprint density at radius 1 is 1.50 bits per heavy atom. The highest BCUT2D eigenvalue weighted by molar-refractivity contribution is 4.86. The van der Waals surface area contributed by atoms with Gasteiger partial charge in [-0.05, 0) is 39.9 Å². The third-order valence-corrected chi connectivity index (χ3v) is 2.57. The van der Waals surface area contributed by atoms with E-state index in [4.69, 9.17) is 0 Å². The van der Waals surface area contributed by atoms with E-state index in [1.165, 1.54) is 25.9 Å². The van der Waals surface area contributed by atoms with Crippen molar-refractivity contribution in [2.45, 2.75) is 31.8 Å².